The Bertz CT molecular complexity index is 871. The molecule has 0 saturated heterocycles. The summed E-state index contributed by atoms with van der Waals surface area (Å²) in [4.78, 5) is 23.5. The molecule has 0 aliphatic rings. The monoisotopic (exact) mass is 333 g/mol. The number of esters is 1. The fourth-order valence-electron chi connectivity index (χ4n) is 2.48. The van der Waals surface area contributed by atoms with E-state index in [9.17, 15) is 9.59 Å². The number of carbonyl (C=O) groups excluding carboxylic acids is 2. The second-order valence-corrected chi connectivity index (χ2v) is 5.11. The van der Waals surface area contributed by atoms with Gasteiger partial charge in [0.05, 0.1) is 17.7 Å². The van der Waals surface area contributed by atoms with Gasteiger partial charge in [-0.2, -0.15) is 0 Å². The lowest BCUT2D eigenvalue weighted by Gasteiger charge is -2.08. The molecule has 0 aliphatic heterocycles. The van der Waals surface area contributed by atoms with Gasteiger partial charge in [-0.15, -0.1) is 10.2 Å². The summed E-state index contributed by atoms with van der Waals surface area (Å²) >= 11 is 6.05. The number of benzene rings is 1. The van der Waals surface area contributed by atoms with Crippen LogP contribution in [-0.2, 0) is 16.1 Å². The first-order chi connectivity index (χ1) is 11.2. The van der Waals surface area contributed by atoms with Crippen molar-refractivity contribution >= 4 is 34.8 Å². The average Bonchev–Trinajstić information content (AvgIpc) is 3.13. The van der Waals surface area contributed by atoms with Crippen LogP contribution in [0.25, 0.3) is 22.5 Å². The number of hydrogen-bond acceptors (Lipinski definition) is 6. The summed E-state index contributed by atoms with van der Waals surface area (Å²) in [5, 5.41) is 8.60. The van der Waals surface area contributed by atoms with Crippen molar-refractivity contribution in [3.8, 4) is 11.6 Å². The molecule has 0 atom stereocenters. The van der Waals surface area contributed by atoms with Gasteiger partial charge in [0, 0.05) is 10.4 Å². The van der Waals surface area contributed by atoms with Crippen molar-refractivity contribution in [1.29, 1.82) is 0 Å². The highest BCUT2D eigenvalue weighted by Gasteiger charge is 2.23. The zero-order valence-electron chi connectivity index (χ0n) is 12.2. The van der Waals surface area contributed by atoms with Gasteiger partial charge in [-0.05, 0) is 19.1 Å². The first-order valence-electron chi connectivity index (χ1n) is 6.84. The van der Waals surface area contributed by atoms with Crippen molar-refractivity contribution in [2.75, 3.05) is 6.61 Å². The molecule has 0 spiro atoms. The molecular formula is C15H12ClN3O4. The van der Waals surface area contributed by atoms with Crippen LogP contribution >= 0.6 is 11.6 Å². The summed E-state index contributed by atoms with van der Waals surface area (Å²) in [6.07, 6.45) is 1.85. The van der Waals surface area contributed by atoms with Crippen LogP contribution in [0.3, 0.4) is 0 Å². The Morgan fingerprint density at radius 2 is 2.30 bits per heavy atom. The summed E-state index contributed by atoms with van der Waals surface area (Å²) in [6, 6.07) is 5.05. The quantitative estimate of drug-likeness (QED) is 0.527. The van der Waals surface area contributed by atoms with E-state index in [0.29, 0.717) is 33.5 Å². The van der Waals surface area contributed by atoms with Gasteiger partial charge in [0.15, 0.2) is 6.29 Å². The van der Waals surface area contributed by atoms with Crippen molar-refractivity contribution in [2.24, 2.45) is 0 Å². The number of rotatable bonds is 5. The van der Waals surface area contributed by atoms with Gasteiger partial charge in [0.25, 0.3) is 5.89 Å². The van der Waals surface area contributed by atoms with Crippen molar-refractivity contribution in [3.63, 3.8) is 0 Å². The lowest BCUT2D eigenvalue weighted by atomic mass is 10.1. The summed E-state index contributed by atoms with van der Waals surface area (Å²) < 4.78 is 11.8. The topological polar surface area (TPSA) is 87.2 Å². The maximum absolute atomic E-state index is 11.9. The standard InChI is InChI=1S/C15H12ClN3O4/c1-2-22-13(21)6-19-12-5-9(16)3-4-10(12)11(7-20)14(19)15-18-17-8-23-15/h3-5,7-8H,2,6H2,1H3. The molecule has 1 aromatic carbocycles. The maximum atomic E-state index is 11.9. The van der Waals surface area contributed by atoms with Gasteiger partial charge in [-0.1, -0.05) is 17.7 Å². The van der Waals surface area contributed by atoms with E-state index < -0.39 is 5.97 Å². The highest BCUT2D eigenvalue weighted by molar-refractivity contribution is 6.31. The molecule has 2 aromatic heterocycles. The average molecular weight is 334 g/mol. The van der Waals surface area contributed by atoms with E-state index in [-0.39, 0.29) is 19.0 Å². The zero-order chi connectivity index (χ0) is 16.4. The summed E-state index contributed by atoms with van der Waals surface area (Å²) in [6.45, 7) is 1.88. The molecule has 0 bridgehead atoms. The number of aldehydes is 1. The molecule has 0 N–H and O–H groups in total. The van der Waals surface area contributed by atoms with Crippen LogP contribution in [0.2, 0.25) is 5.02 Å². The van der Waals surface area contributed by atoms with Crippen LogP contribution in [0.15, 0.2) is 29.0 Å². The first kappa shape index (κ1) is 15.2. The van der Waals surface area contributed by atoms with E-state index in [4.69, 9.17) is 20.8 Å². The number of hydrogen-bond donors (Lipinski definition) is 0. The lowest BCUT2D eigenvalue weighted by molar-refractivity contribution is -0.143. The van der Waals surface area contributed by atoms with Crippen LogP contribution in [0.1, 0.15) is 17.3 Å². The predicted octanol–water partition coefficient (Wildman–Crippen LogP) is 2.72. The normalized spacial score (nSPS) is 10.9. The summed E-state index contributed by atoms with van der Waals surface area (Å²) in [5.41, 5.74) is 1.33. The van der Waals surface area contributed by atoms with Gasteiger partial charge in [-0.25, -0.2) is 0 Å². The minimum atomic E-state index is -0.442. The lowest BCUT2D eigenvalue weighted by Crippen LogP contribution is -2.14. The van der Waals surface area contributed by atoms with Gasteiger partial charge in [0.2, 0.25) is 6.39 Å². The molecule has 0 amide bonds. The molecule has 0 unspecified atom stereocenters. The van der Waals surface area contributed by atoms with Crippen LogP contribution in [-0.4, -0.2) is 33.6 Å². The van der Waals surface area contributed by atoms with E-state index >= 15 is 0 Å². The van der Waals surface area contributed by atoms with Gasteiger partial charge in [-0.3, -0.25) is 9.59 Å². The summed E-state index contributed by atoms with van der Waals surface area (Å²) in [7, 11) is 0. The maximum Gasteiger partial charge on any atom is 0.325 e. The molecule has 3 aromatic rings. The van der Waals surface area contributed by atoms with E-state index in [2.05, 4.69) is 10.2 Å². The van der Waals surface area contributed by atoms with Crippen LogP contribution in [0, 0.1) is 0 Å². The second-order valence-electron chi connectivity index (χ2n) is 4.68. The largest absolute Gasteiger partial charge is 0.465 e. The Morgan fingerprint density at radius 1 is 1.48 bits per heavy atom. The summed E-state index contributed by atoms with van der Waals surface area (Å²) in [5.74, 6) is -0.300. The fourth-order valence-corrected chi connectivity index (χ4v) is 2.64. The molecule has 0 aliphatic carbocycles. The number of carbonyl (C=O) groups is 2. The molecule has 3 rings (SSSR count). The van der Waals surface area contributed by atoms with Crippen molar-refractivity contribution in [2.45, 2.75) is 13.5 Å². The Balaban J connectivity index is 2.28. The number of fused-ring (bicyclic) bond motifs is 1. The Kier molecular flexibility index (Phi) is 4.12. The van der Waals surface area contributed by atoms with Crippen molar-refractivity contribution in [3.05, 3.63) is 35.2 Å². The van der Waals surface area contributed by atoms with E-state index in [1.807, 2.05) is 0 Å². The Morgan fingerprint density at radius 3 is 2.96 bits per heavy atom. The van der Waals surface area contributed by atoms with Gasteiger partial charge in [0.1, 0.15) is 12.2 Å². The Labute approximate surface area is 135 Å². The highest BCUT2D eigenvalue weighted by atomic mass is 35.5. The molecule has 0 saturated carbocycles. The van der Waals surface area contributed by atoms with Crippen LogP contribution in [0.5, 0.6) is 0 Å². The molecule has 23 heavy (non-hydrogen) atoms. The Hall–Kier alpha value is -2.67. The zero-order valence-corrected chi connectivity index (χ0v) is 12.9. The van der Waals surface area contributed by atoms with Gasteiger partial charge < -0.3 is 13.7 Å². The van der Waals surface area contributed by atoms with E-state index in [0.717, 1.165) is 6.39 Å². The van der Waals surface area contributed by atoms with E-state index in [1.165, 1.54) is 0 Å². The molecule has 118 valence electrons. The second kappa shape index (κ2) is 6.21. The van der Waals surface area contributed by atoms with Gasteiger partial charge >= 0.3 is 5.97 Å². The minimum absolute atomic E-state index is 0.101. The third-order valence-electron chi connectivity index (χ3n) is 3.34. The SMILES string of the molecule is CCOC(=O)Cn1c(-c2nnco2)c(C=O)c2ccc(Cl)cc21. The molecular weight excluding hydrogens is 322 g/mol. The van der Waals surface area contributed by atoms with Crippen LogP contribution < -0.4 is 0 Å². The predicted molar refractivity (Wildman–Crippen MR) is 82.3 cm³/mol. The molecule has 0 radical (unpaired) electrons. The molecule has 0 fully saturated rings. The molecule has 8 heteroatoms. The smallest absolute Gasteiger partial charge is 0.325 e. The number of aromatic nitrogens is 3. The van der Waals surface area contributed by atoms with E-state index in [1.54, 1.807) is 29.7 Å². The first-order valence-corrected chi connectivity index (χ1v) is 7.22. The minimum Gasteiger partial charge on any atom is -0.465 e. The number of ether oxygens (including phenoxy) is 1. The highest BCUT2D eigenvalue weighted by Crippen LogP contribution is 2.33. The number of nitrogens with zero attached hydrogens (tertiary/aromatic N) is 3. The fraction of sp³-hybridized carbons (Fsp3) is 0.200. The third kappa shape index (κ3) is 2.70. The molecule has 7 nitrogen and oxygen atoms in total. The molecule has 2 heterocycles. The number of halogens is 1. The third-order valence-corrected chi connectivity index (χ3v) is 3.57. The van der Waals surface area contributed by atoms with Crippen molar-refractivity contribution < 1.29 is 18.7 Å². The van der Waals surface area contributed by atoms with Crippen LogP contribution in [0.4, 0.5) is 0 Å². The van der Waals surface area contributed by atoms with Crippen molar-refractivity contribution in [1.82, 2.24) is 14.8 Å².